The zero-order valence-electron chi connectivity index (χ0n) is 9.92. The van der Waals surface area contributed by atoms with E-state index in [4.69, 9.17) is 10.5 Å². The highest BCUT2D eigenvalue weighted by Gasteiger charge is 2.12. The average Bonchev–Trinajstić information content (AvgIpc) is 2.28. The lowest BCUT2D eigenvalue weighted by atomic mass is 9.98. The summed E-state index contributed by atoms with van der Waals surface area (Å²) in [5.41, 5.74) is 6.90. The molecule has 0 spiro atoms. The fraction of sp³-hybridized carbons (Fsp3) is 0.500. The van der Waals surface area contributed by atoms with Gasteiger partial charge in [0.05, 0.1) is 16.5 Å². The summed E-state index contributed by atoms with van der Waals surface area (Å²) in [6.45, 7) is 2.92. The molecular formula is C12H18BrNOS. The van der Waals surface area contributed by atoms with Crippen LogP contribution in [0, 0.1) is 0 Å². The van der Waals surface area contributed by atoms with E-state index in [2.05, 4.69) is 41.2 Å². The van der Waals surface area contributed by atoms with Crippen molar-refractivity contribution in [3.63, 3.8) is 0 Å². The normalized spacial score (nSPS) is 12.6. The van der Waals surface area contributed by atoms with Crippen LogP contribution in [-0.4, -0.2) is 19.9 Å². The molecule has 0 fully saturated rings. The fourth-order valence-corrected chi connectivity index (χ4v) is 3.04. The van der Waals surface area contributed by atoms with E-state index in [1.165, 1.54) is 5.56 Å². The first-order valence-corrected chi connectivity index (χ1v) is 7.27. The third-order valence-electron chi connectivity index (χ3n) is 2.62. The number of methoxy groups -OCH3 is 1. The molecule has 0 amide bonds. The van der Waals surface area contributed by atoms with Crippen LogP contribution in [0.15, 0.2) is 21.5 Å². The van der Waals surface area contributed by atoms with Crippen LogP contribution in [0.1, 0.15) is 24.8 Å². The fourth-order valence-electron chi connectivity index (χ4n) is 1.64. The Hall–Kier alpha value is -0.190. The number of hydrogen-bond donors (Lipinski definition) is 1. The van der Waals surface area contributed by atoms with E-state index in [1.807, 2.05) is 0 Å². The van der Waals surface area contributed by atoms with Gasteiger partial charge in [0.15, 0.2) is 0 Å². The summed E-state index contributed by atoms with van der Waals surface area (Å²) in [7, 11) is 1.70. The molecule has 0 aromatic heterocycles. The summed E-state index contributed by atoms with van der Waals surface area (Å²) < 4.78 is 6.38. The molecule has 16 heavy (non-hydrogen) atoms. The summed E-state index contributed by atoms with van der Waals surface area (Å²) in [5, 5.41) is 0. The maximum atomic E-state index is 5.59. The SMILES string of the molecule is COc1c(Br)cc(C(C)CCN)cc1SC. The lowest BCUT2D eigenvalue weighted by Gasteiger charge is -2.15. The molecule has 90 valence electrons. The molecule has 0 saturated heterocycles. The smallest absolute Gasteiger partial charge is 0.146 e. The Balaban J connectivity index is 3.09. The number of rotatable bonds is 5. The van der Waals surface area contributed by atoms with Gasteiger partial charge in [-0.05, 0) is 58.8 Å². The summed E-state index contributed by atoms with van der Waals surface area (Å²) in [5.74, 6) is 1.40. The van der Waals surface area contributed by atoms with Crippen LogP contribution in [-0.2, 0) is 0 Å². The van der Waals surface area contributed by atoms with Crippen molar-refractivity contribution in [2.45, 2.75) is 24.2 Å². The number of ether oxygens (including phenoxy) is 1. The summed E-state index contributed by atoms with van der Waals surface area (Å²) in [6, 6.07) is 4.31. The second-order valence-corrected chi connectivity index (χ2v) is 5.42. The first-order valence-electron chi connectivity index (χ1n) is 5.25. The van der Waals surface area contributed by atoms with Gasteiger partial charge in [-0.3, -0.25) is 0 Å². The van der Waals surface area contributed by atoms with E-state index >= 15 is 0 Å². The quantitative estimate of drug-likeness (QED) is 0.844. The zero-order valence-corrected chi connectivity index (χ0v) is 12.3. The Morgan fingerprint density at radius 3 is 2.69 bits per heavy atom. The lowest BCUT2D eigenvalue weighted by Crippen LogP contribution is -2.05. The van der Waals surface area contributed by atoms with Crippen molar-refractivity contribution in [3.8, 4) is 5.75 Å². The van der Waals surface area contributed by atoms with Crippen LogP contribution >= 0.6 is 27.7 Å². The molecule has 0 bridgehead atoms. The van der Waals surface area contributed by atoms with E-state index in [0.717, 1.165) is 28.1 Å². The van der Waals surface area contributed by atoms with E-state index in [9.17, 15) is 0 Å². The van der Waals surface area contributed by atoms with Gasteiger partial charge >= 0.3 is 0 Å². The van der Waals surface area contributed by atoms with Crippen LogP contribution in [0.5, 0.6) is 5.75 Å². The number of benzene rings is 1. The average molecular weight is 304 g/mol. The summed E-state index contributed by atoms with van der Waals surface area (Å²) in [4.78, 5) is 1.16. The van der Waals surface area contributed by atoms with Crippen LogP contribution in [0.3, 0.4) is 0 Å². The van der Waals surface area contributed by atoms with Crippen LogP contribution < -0.4 is 10.5 Å². The first kappa shape index (κ1) is 13.9. The number of hydrogen-bond acceptors (Lipinski definition) is 3. The Bertz CT molecular complexity index is 357. The minimum Gasteiger partial charge on any atom is -0.494 e. The minimum atomic E-state index is 0.484. The standard InChI is InChI=1S/C12H18BrNOS/c1-8(4-5-14)9-6-10(13)12(15-2)11(7-9)16-3/h6-8H,4-5,14H2,1-3H3. The molecule has 1 rings (SSSR count). The van der Waals surface area contributed by atoms with Crippen molar-refractivity contribution >= 4 is 27.7 Å². The minimum absolute atomic E-state index is 0.484. The number of halogens is 1. The molecular weight excluding hydrogens is 286 g/mol. The molecule has 1 unspecified atom stereocenters. The van der Waals surface area contributed by atoms with E-state index < -0.39 is 0 Å². The molecule has 0 heterocycles. The highest BCUT2D eigenvalue weighted by Crippen LogP contribution is 2.38. The van der Waals surface area contributed by atoms with Gasteiger partial charge in [-0.15, -0.1) is 11.8 Å². The molecule has 0 radical (unpaired) electrons. The lowest BCUT2D eigenvalue weighted by molar-refractivity contribution is 0.401. The highest BCUT2D eigenvalue weighted by molar-refractivity contribution is 9.10. The Morgan fingerprint density at radius 2 is 2.19 bits per heavy atom. The predicted octanol–water partition coefficient (Wildman–Crippen LogP) is 3.63. The molecule has 1 aromatic carbocycles. The Labute approximate surface area is 110 Å². The monoisotopic (exact) mass is 303 g/mol. The van der Waals surface area contributed by atoms with Crippen LogP contribution in [0.25, 0.3) is 0 Å². The van der Waals surface area contributed by atoms with Gasteiger partial charge < -0.3 is 10.5 Å². The Morgan fingerprint density at radius 1 is 1.50 bits per heavy atom. The van der Waals surface area contributed by atoms with Crippen molar-refractivity contribution < 1.29 is 4.74 Å². The molecule has 0 saturated carbocycles. The maximum absolute atomic E-state index is 5.59. The van der Waals surface area contributed by atoms with Gasteiger partial charge in [-0.1, -0.05) is 6.92 Å². The van der Waals surface area contributed by atoms with E-state index in [-0.39, 0.29) is 0 Å². The second kappa shape index (κ2) is 6.52. The highest BCUT2D eigenvalue weighted by atomic mass is 79.9. The van der Waals surface area contributed by atoms with Crippen LogP contribution in [0.2, 0.25) is 0 Å². The van der Waals surface area contributed by atoms with Crippen molar-refractivity contribution in [1.82, 2.24) is 0 Å². The summed E-state index contributed by atoms with van der Waals surface area (Å²) >= 11 is 5.25. The maximum Gasteiger partial charge on any atom is 0.146 e. The molecule has 1 aromatic rings. The topological polar surface area (TPSA) is 35.2 Å². The van der Waals surface area contributed by atoms with Crippen LogP contribution in [0.4, 0.5) is 0 Å². The molecule has 2 N–H and O–H groups in total. The van der Waals surface area contributed by atoms with E-state index in [0.29, 0.717) is 5.92 Å². The molecule has 2 nitrogen and oxygen atoms in total. The van der Waals surface area contributed by atoms with Gasteiger partial charge in [0.25, 0.3) is 0 Å². The number of thioether (sulfide) groups is 1. The van der Waals surface area contributed by atoms with Crippen molar-refractivity contribution in [1.29, 1.82) is 0 Å². The third kappa shape index (κ3) is 3.15. The largest absolute Gasteiger partial charge is 0.494 e. The molecule has 0 aliphatic rings. The second-order valence-electron chi connectivity index (χ2n) is 3.72. The number of nitrogens with two attached hydrogens (primary N) is 1. The van der Waals surface area contributed by atoms with Crippen molar-refractivity contribution in [2.24, 2.45) is 5.73 Å². The molecule has 0 aliphatic carbocycles. The van der Waals surface area contributed by atoms with E-state index in [1.54, 1.807) is 18.9 Å². The Kier molecular flexibility index (Phi) is 5.66. The zero-order chi connectivity index (χ0) is 12.1. The molecule has 1 atom stereocenters. The van der Waals surface area contributed by atoms with Gasteiger partial charge in [-0.25, -0.2) is 0 Å². The van der Waals surface area contributed by atoms with Gasteiger partial charge in [0, 0.05) is 0 Å². The molecule has 0 aliphatic heterocycles. The predicted molar refractivity (Wildman–Crippen MR) is 74.6 cm³/mol. The first-order chi connectivity index (χ1) is 7.63. The summed E-state index contributed by atoms with van der Waals surface area (Å²) in [6.07, 6.45) is 3.06. The molecule has 4 heteroatoms. The van der Waals surface area contributed by atoms with Crippen molar-refractivity contribution in [3.05, 3.63) is 22.2 Å². The third-order valence-corrected chi connectivity index (χ3v) is 3.96. The van der Waals surface area contributed by atoms with Gasteiger partial charge in [-0.2, -0.15) is 0 Å². The van der Waals surface area contributed by atoms with Crippen molar-refractivity contribution in [2.75, 3.05) is 19.9 Å². The van der Waals surface area contributed by atoms with Gasteiger partial charge in [0.1, 0.15) is 5.75 Å². The van der Waals surface area contributed by atoms with Gasteiger partial charge in [0.2, 0.25) is 0 Å².